The summed E-state index contributed by atoms with van der Waals surface area (Å²) in [4.78, 5) is 0. The summed E-state index contributed by atoms with van der Waals surface area (Å²) in [7, 11) is 3.21. The Kier molecular flexibility index (Phi) is 4.45. The molecule has 0 fully saturated rings. The van der Waals surface area contributed by atoms with Crippen LogP contribution in [-0.4, -0.2) is 14.2 Å². The van der Waals surface area contributed by atoms with Crippen LogP contribution in [-0.2, 0) is 6.54 Å². The molecule has 3 nitrogen and oxygen atoms in total. The Morgan fingerprint density at radius 1 is 1.00 bits per heavy atom. The molecule has 0 aromatic heterocycles. The minimum atomic E-state index is -0.250. The quantitative estimate of drug-likeness (QED) is 0.901. The summed E-state index contributed by atoms with van der Waals surface area (Å²) in [5, 5.41) is 3.07. The van der Waals surface area contributed by atoms with Crippen molar-refractivity contribution in [2.24, 2.45) is 0 Å². The SMILES string of the molecule is COc1cc(CNc2ccc(C)cc2F)cc(OC)c1. The molecule has 0 heterocycles. The maximum Gasteiger partial charge on any atom is 0.146 e. The third-order valence-corrected chi connectivity index (χ3v) is 3.02. The topological polar surface area (TPSA) is 30.5 Å². The van der Waals surface area contributed by atoms with Gasteiger partial charge < -0.3 is 14.8 Å². The first kappa shape index (κ1) is 14.2. The number of nitrogens with one attached hydrogen (secondary N) is 1. The second-order valence-corrected chi connectivity index (χ2v) is 4.56. The fourth-order valence-electron chi connectivity index (χ4n) is 1.93. The summed E-state index contributed by atoms with van der Waals surface area (Å²) in [5.41, 5.74) is 2.34. The molecule has 0 aliphatic carbocycles. The Balaban J connectivity index is 2.13. The molecule has 0 aliphatic heterocycles. The summed E-state index contributed by atoms with van der Waals surface area (Å²) in [6.45, 7) is 2.35. The fourth-order valence-corrected chi connectivity index (χ4v) is 1.93. The van der Waals surface area contributed by atoms with Crippen LogP contribution >= 0.6 is 0 Å². The molecule has 4 heteroatoms. The zero-order chi connectivity index (χ0) is 14.5. The number of hydrogen-bond donors (Lipinski definition) is 1. The molecule has 2 aromatic carbocycles. The highest BCUT2D eigenvalue weighted by atomic mass is 19.1. The zero-order valence-electron chi connectivity index (χ0n) is 11.9. The van der Waals surface area contributed by atoms with Gasteiger partial charge in [0.1, 0.15) is 17.3 Å². The van der Waals surface area contributed by atoms with Gasteiger partial charge in [0.05, 0.1) is 19.9 Å². The molecule has 0 amide bonds. The van der Waals surface area contributed by atoms with Gasteiger partial charge in [-0.05, 0) is 42.3 Å². The van der Waals surface area contributed by atoms with E-state index in [9.17, 15) is 4.39 Å². The van der Waals surface area contributed by atoms with Gasteiger partial charge in [-0.2, -0.15) is 0 Å². The molecule has 2 rings (SSSR count). The van der Waals surface area contributed by atoms with Gasteiger partial charge in [0.2, 0.25) is 0 Å². The van der Waals surface area contributed by atoms with E-state index in [1.165, 1.54) is 6.07 Å². The number of rotatable bonds is 5. The monoisotopic (exact) mass is 275 g/mol. The van der Waals surface area contributed by atoms with Gasteiger partial charge in [-0.3, -0.25) is 0 Å². The Bertz CT molecular complexity index is 577. The lowest BCUT2D eigenvalue weighted by atomic mass is 10.1. The van der Waals surface area contributed by atoms with Crippen LogP contribution in [0.3, 0.4) is 0 Å². The molecular formula is C16H18FNO2. The zero-order valence-corrected chi connectivity index (χ0v) is 11.9. The largest absolute Gasteiger partial charge is 0.497 e. The summed E-state index contributed by atoms with van der Waals surface area (Å²) in [5.74, 6) is 1.18. The van der Waals surface area contributed by atoms with Crippen molar-refractivity contribution >= 4 is 5.69 Å². The summed E-state index contributed by atoms with van der Waals surface area (Å²) < 4.78 is 24.1. The van der Waals surface area contributed by atoms with Gasteiger partial charge in [0.25, 0.3) is 0 Å². The standard InChI is InChI=1S/C16H18FNO2/c1-11-4-5-16(15(17)6-11)18-10-12-7-13(19-2)9-14(8-12)20-3/h4-9,18H,10H2,1-3H3. The second-order valence-electron chi connectivity index (χ2n) is 4.56. The van der Waals surface area contributed by atoms with Gasteiger partial charge >= 0.3 is 0 Å². The van der Waals surface area contributed by atoms with Crippen molar-refractivity contribution in [3.8, 4) is 11.5 Å². The Morgan fingerprint density at radius 3 is 2.20 bits per heavy atom. The van der Waals surface area contributed by atoms with Crippen LogP contribution in [0, 0.1) is 12.7 Å². The van der Waals surface area contributed by atoms with E-state index in [-0.39, 0.29) is 5.82 Å². The van der Waals surface area contributed by atoms with Crippen LogP contribution in [0.1, 0.15) is 11.1 Å². The maximum atomic E-state index is 13.7. The number of benzene rings is 2. The highest BCUT2D eigenvalue weighted by Crippen LogP contribution is 2.23. The second kappa shape index (κ2) is 6.28. The highest BCUT2D eigenvalue weighted by molar-refractivity contribution is 5.47. The van der Waals surface area contributed by atoms with Crippen LogP contribution < -0.4 is 14.8 Å². The molecule has 20 heavy (non-hydrogen) atoms. The minimum absolute atomic E-state index is 0.250. The van der Waals surface area contributed by atoms with E-state index in [1.807, 2.05) is 25.1 Å². The molecule has 0 bridgehead atoms. The minimum Gasteiger partial charge on any atom is -0.497 e. The van der Waals surface area contributed by atoms with Crippen molar-refractivity contribution in [1.82, 2.24) is 0 Å². The van der Waals surface area contributed by atoms with Crippen molar-refractivity contribution in [3.63, 3.8) is 0 Å². The van der Waals surface area contributed by atoms with E-state index >= 15 is 0 Å². The molecule has 106 valence electrons. The normalized spacial score (nSPS) is 10.2. The number of ether oxygens (including phenoxy) is 2. The van der Waals surface area contributed by atoms with Crippen molar-refractivity contribution < 1.29 is 13.9 Å². The smallest absolute Gasteiger partial charge is 0.146 e. The Hall–Kier alpha value is -2.23. The lowest BCUT2D eigenvalue weighted by Gasteiger charge is -2.11. The number of hydrogen-bond acceptors (Lipinski definition) is 3. The summed E-state index contributed by atoms with van der Waals surface area (Å²) in [6.07, 6.45) is 0. The first-order valence-corrected chi connectivity index (χ1v) is 6.34. The Labute approximate surface area is 118 Å². The molecule has 0 saturated heterocycles. The van der Waals surface area contributed by atoms with Crippen molar-refractivity contribution in [3.05, 3.63) is 53.3 Å². The molecule has 0 radical (unpaired) electrons. The maximum absolute atomic E-state index is 13.7. The van der Waals surface area contributed by atoms with Gasteiger partial charge in [0.15, 0.2) is 0 Å². The van der Waals surface area contributed by atoms with E-state index in [2.05, 4.69) is 5.32 Å². The van der Waals surface area contributed by atoms with Crippen molar-refractivity contribution in [1.29, 1.82) is 0 Å². The molecule has 0 atom stereocenters. The summed E-state index contributed by atoms with van der Waals surface area (Å²) in [6, 6.07) is 10.7. The lowest BCUT2D eigenvalue weighted by molar-refractivity contribution is 0.393. The van der Waals surface area contributed by atoms with Crippen molar-refractivity contribution in [2.45, 2.75) is 13.5 Å². The third-order valence-electron chi connectivity index (χ3n) is 3.02. The molecular weight excluding hydrogens is 257 g/mol. The van der Waals surface area contributed by atoms with E-state index in [4.69, 9.17) is 9.47 Å². The molecule has 0 aliphatic rings. The van der Waals surface area contributed by atoms with Crippen LogP contribution in [0.15, 0.2) is 36.4 Å². The molecule has 0 saturated carbocycles. The van der Waals surface area contributed by atoms with E-state index < -0.39 is 0 Å². The van der Waals surface area contributed by atoms with Crippen LogP contribution in [0.25, 0.3) is 0 Å². The van der Waals surface area contributed by atoms with E-state index in [0.717, 1.165) is 11.1 Å². The first-order valence-electron chi connectivity index (χ1n) is 6.34. The van der Waals surface area contributed by atoms with Crippen LogP contribution in [0.5, 0.6) is 11.5 Å². The molecule has 1 N–H and O–H groups in total. The number of aryl methyl sites for hydroxylation is 1. The van der Waals surface area contributed by atoms with Gasteiger partial charge in [-0.25, -0.2) is 4.39 Å². The molecule has 2 aromatic rings. The average Bonchev–Trinajstić information content (AvgIpc) is 2.46. The Morgan fingerprint density at radius 2 is 1.65 bits per heavy atom. The third kappa shape index (κ3) is 3.41. The molecule has 0 unspecified atom stereocenters. The van der Waals surface area contributed by atoms with E-state index in [1.54, 1.807) is 26.4 Å². The predicted octanol–water partition coefficient (Wildman–Crippen LogP) is 3.76. The van der Waals surface area contributed by atoms with E-state index in [0.29, 0.717) is 23.7 Å². The number of halogens is 1. The van der Waals surface area contributed by atoms with Crippen LogP contribution in [0.2, 0.25) is 0 Å². The van der Waals surface area contributed by atoms with Crippen LogP contribution in [0.4, 0.5) is 10.1 Å². The first-order chi connectivity index (χ1) is 9.62. The van der Waals surface area contributed by atoms with Gasteiger partial charge in [-0.1, -0.05) is 6.07 Å². The number of methoxy groups -OCH3 is 2. The fraction of sp³-hybridized carbons (Fsp3) is 0.250. The van der Waals surface area contributed by atoms with Crippen molar-refractivity contribution in [2.75, 3.05) is 19.5 Å². The highest BCUT2D eigenvalue weighted by Gasteiger charge is 2.04. The van der Waals surface area contributed by atoms with Gasteiger partial charge in [-0.15, -0.1) is 0 Å². The predicted molar refractivity (Wildman–Crippen MR) is 78.0 cm³/mol. The summed E-state index contributed by atoms with van der Waals surface area (Å²) >= 11 is 0. The average molecular weight is 275 g/mol. The number of anilines is 1. The lowest BCUT2D eigenvalue weighted by Crippen LogP contribution is -2.02. The molecule has 0 spiro atoms. The van der Waals surface area contributed by atoms with Gasteiger partial charge in [0, 0.05) is 12.6 Å².